The summed E-state index contributed by atoms with van der Waals surface area (Å²) >= 11 is 0. The summed E-state index contributed by atoms with van der Waals surface area (Å²) in [6.07, 6.45) is 1.74. The van der Waals surface area contributed by atoms with Crippen molar-refractivity contribution in [2.24, 2.45) is 0 Å². The van der Waals surface area contributed by atoms with Crippen molar-refractivity contribution in [3.8, 4) is 17.0 Å². The maximum Gasteiger partial charge on any atom is 0.184 e. The zero-order chi connectivity index (χ0) is 16.2. The Morgan fingerprint density at radius 2 is 1.83 bits per heavy atom. The molecular weight excluding hydrogens is 292 g/mol. The number of carbonyl (C=O) groups excluding carboxylic acids is 1. The van der Waals surface area contributed by atoms with Crippen molar-refractivity contribution < 1.29 is 9.53 Å². The lowest BCUT2D eigenvalue weighted by Crippen LogP contribution is -2.10. The van der Waals surface area contributed by atoms with Crippen LogP contribution in [0.25, 0.3) is 11.3 Å². The van der Waals surface area contributed by atoms with Gasteiger partial charge in [0.2, 0.25) is 0 Å². The minimum Gasteiger partial charge on any atom is -0.497 e. The van der Waals surface area contributed by atoms with Gasteiger partial charge in [-0.1, -0.05) is 17.3 Å². The second-order valence-electron chi connectivity index (χ2n) is 5.08. The van der Waals surface area contributed by atoms with Crippen molar-refractivity contribution >= 4 is 11.5 Å². The minimum absolute atomic E-state index is 0.0404. The number of nitrogens with zero attached hydrogens (tertiary/aromatic N) is 3. The number of rotatable bonds is 5. The summed E-state index contributed by atoms with van der Waals surface area (Å²) in [4.78, 5) is 12.3. The minimum atomic E-state index is -0.0404. The Morgan fingerprint density at radius 1 is 1.13 bits per heavy atom. The van der Waals surface area contributed by atoms with Gasteiger partial charge in [-0.3, -0.25) is 4.79 Å². The molecule has 0 amide bonds. The highest BCUT2D eigenvalue weighted by molar-refractivity contribution is 5.95. The van der Waals surface area contributed by atoms with E-state index < -0.39 is 0 Å². The average molecular weight is 308 g/mol. The van der Waals surface area contributed by atoms with Crippen molar-refractivity contribution in [3.63, 3.8) is 0 Å². The Bertz CT molecular complexity index is 807. The van der Waals surface area contributed by atoms with Crippen molar-refractivity contribution in [1.82, 2.24) is 15.0 Å². The average Bonchev–Trinajstić information content (AvgIpc) is 3.04. The number of aromatic nitrogens is 3. The largest absolute Gasteiger partial charge is 0.497 e. The lowest BCUT2D eigenvalue weighted by molar-refractivity contribution is 0.0967. The van der Waals surface area contributed by atoms with Crippen LogP contribution in [0.4, 0.5) is 5.69 Å². The van der Waals surface area contributed by atoms with E-state index in [1.54, 1.807) is 49.7 Å². The van der Waals surface area contributed by atoms with E-state index in [-0.39, 0.29) is 12.3 Å². The van der Waals surface area contributed by atoms with Gasteiger partial charge in [-0.25, -0.2) is 4.68 Å². The third-order valence-corrected chi connectivity index (χ3v) is 3.46. The van der Waals surface area contributed by atoms with E-state index in [0.717, 1.165) is 5.56 Å². The first kappa shape index (κ1) is 14.8. The summed E-state index contributed by atoms with van der Waals surface area (Å²) < 4.78 is 6.61. The van der Waals surface area contributed by atoms with Crippen molar-refractivity contribution in [2.75, 3.05) is 12.8 Å². The van der Waals surface area contributed by atoms with Gasteiger partial charge in [-0.2, -0.15) is 0 Å². The van der Waals surface area contributed by atoms with E-state index in [2.05, 4.69) is 10.3 Å². The molecule has 0 spiro atoms. The number of Topliss-reactive ketones (excluding diaryl/α,β-unsaturated/α-hetero) is 1. The first-order valence-electron chi connectivity index (χ1n) is 7.09. The van der Waals surface area contributed by atoms with Gasteiger partial charge in [0.25, 0.3) is 0 Å². The molecule has 0 aliphatic heterocycles. The molecule has 6 nitrogen and oxygen atoms in total. The number of hydrogen-bond acceptors (Lipinski definition) is 5. The molecule has 0 aliphatic carbocycles. The summed E-state index contributed by atoms with van der Waals surface area (Å²) in [5.41, 5.74) is 8.57. The topological polar surface area (TPSA) is 83.0 Å². The lowest BCUT2D eigenvalue weighted by Gasteiger charge is -2.02. The van der Waals surface area contributed by atoms with Gasteiger partial charge in [-0.15, -0.1) is 5.10 Å². The molecule has 0 saturated carbocycles. The Labute approximate surface area is 133 Å². The standard InChI is InChI=1S/C17H16N4O2/c1-23-15-8-4-13(5-9-15)17(22)11-21-10-16(19-20-21)12-2-6-14(18)7-3-12/h2-10H,11,18H2,1H3. The van der Waals surface area contributed by atoms with E-state index in [9.17, 15) is 4.79 Å². The Balaban J connectivity index is 1.73. The van der Waals surface area contributed by atoms with Gasteiger partial charge in [0.1, 0.15) is 18.0 Å². The van der Waals surface area contributed by atoms with Gasteiger partial charge < -0.3 is 10.5 Å². The zero-order valence-electron chi connectivity index (χ0n) is 12.6. The molecule has 0 radical (unpaired) electrons. The van der Waals surface area contributed by atoms with E-state index in [0.29, 0.717) is 22.7 Å². The van der Waals surface area contributed by atoms with Crippen LogP contribution in [0, 0.1) is 0 Å². The van der Waals surface area contributed by atoms with Crippen LogP contribution < -0.4 is 10.5 Å². The highest BCUT2D eigenvalue weighted by Crippen LogP contribution is 2.18. The van der Waals surface area contributed by atoms with Crippen LogP contribution in [0.5, 0.6) is 5.75 Å². The monoisotopic (exact) mass is 308 g/mol. The first-order valence-corrected chi connectivity index (χ1v) is 7.09. The van der Waals surface area contributed by atoms with Crippen LogP contribution in [0.2, 0.25) is 0 Å². The van der Waals surface area contributed by atoms with Crippen molar-refractivity contribution in [3.05, 3.63) is 60.3 Å². The molecule has 116 valence electrons. The predicted molar refractivity (Wildman–Crippen MR) is 87.2 cm³/mol. The van der Waals surface area contributed by atoms with Crippen LogP contribution in [-0.2, 0) is 6.54 Å². The molecule has 23 heavy (non-hydrogen) atoms. The first-order chi connectivity index (χ1) is 11.2. The summed E-state index contributed by atoms with van der Waals surface area (Å²) in [5.74, 6) is 0.675. The number of nitrogen functional groups attached to an aromatic ring is 1. The van der Waals surface area contributed by atoms with E-state index in [4.69, 9.17) is 10.5 Å². The number of anilines is 1. The van der Waals surface area contributed by atoms with Gasteiger partial charge in [-0.05, 0) is 36.4 Å². The SMILES string of the molecule is COc1ccc(C(=O)Cn2cc(-c3ccc(N)cc3)nn2)cc1. The maximum atomic E-state index is 12.3. The van der Waals surface area contributed by atoms with Crippen LogP contribution >= 0.6 is 0 Å². The van der Waals surface area contributed by atoms with Crippen molar-refractivity contribution in [2.45, 2.75) is 6.54 Å². The van der Waals surface area contributed by atoms with Gasteiger partial charge >= 0.3 is 0 Å². The molecule has 0 aliphatic rings. The fourth-order valence-electron chi connectivity index (χ4n) is 2.18. The van der Waals surface area contributed by atoms with E-state index >= 15 is 0 Å². The third kappa shape index (κ3) is 3.37. The zero-order valence-corrected chi connectivity index (χ0v) is 12.6. The number of methoxy groups -OCH3 is 1. The molecule has 0 saturated heterocycles. The number of carbonyl (C=O) groups is 1. The molecule has 1 heterocycles. The van der Waals surface area contributed by atoms with E-state index in [1.165, 1.54) is 4.68 Å². The summed E-state index contributed by atoms with van der Waals surface area (Å²) in [5, 5.41) is 8.09. The quantitative estimate of drug-likeness (QED) is 0.578. The van der Waals surface area contributed by atoms with E-state index in [1.807, 2.05) is 12.1 Å². The van der Waals surface area contributed by atoms with Gasteiger partial charge in [0, 0.05) is 16.8 Å². The molecule has 1 aromatic heterocycles. The summed E-state index contributed by atoms with van der Waals surface area (Å²) in [6.45, 7) is 0.133. The van der Waals surface area contributed by atoms with Crippen LogP contribution in [0.15, 0.2) is 54.7 Å². The highest BCUT2D eigenvalue weighted by Gasteiger charge is 2.10. The Hall–Kier alpha value is -3.15. The Morgan fingerprint density at radius 3 is 2.48 bits per heavy atom. The molecule has 3 aromatic rings. The summed E-state index contributed by atoms with van der Waals surface area (Å²) in [6, 6.07) is 14.3. The lowest BCUT2D eigenvalue weighted by atomic mass is 10.1. The molecule has 0 unspecified atom stereocenters. The van der Waals surface area contributed by atoms with Crippen molar-refractivity contribution in [1.29, 1.82) is 0 Å². The third-order valence-electron chi connectivity index (χ3n) is 3.46. The van der Waals surface area contributed by atoms with Crippen LogP contribution in [0.3, 0.4) is 0 Å². The Kier molecular flexibility index (Phi) is 4.05. The molecule has 6 heteroatoms. The number of nitrogens with two attached hydrogens (primary N) is 1. The van der Waals surface area contributed by atoms with Crippen LogP contribution in [0.1, 0.15) is 10.4 Å². The molecular formula is C17H16N4O2. The van der Waals surface area contributed by atoms with Gasteiger partial charge in [0.15, 0.2) is 5.78 Å². The fraction of sp³-hybridized carbons (Fsp3) is 0.118. The molecule has 2 N–H and O–H groups in total. The molecule has 0 fully saturated rings. The normalized spacial score (nSPS) is 10.5. The van der Waals surface area contributed by atoms with Gasteiger partial charge in [0.05, 0.1) is 13.3 Å². The second kappa shape index (κ2) is 6.31. The number of ketones is 1. The number of ether oxygens (including phenoxy) is 1. The molecule has 0 atom stereocenters. The highest BCUT2D eigenvalue weighted by atomic mass is 16.5. The van der Waals surface area contributed by atoms with Crippen LogP contribution in [-0.4, -0.2) is 27.9 Å². The summed E-state index contributed by atoms with van der Waals surface area (Å²) in [7, 11) is 1.59. The molecule has 3 rings (SSSR count). The maximum absolute atomic E-state index is 12.3. The second-order valence-corrected chi connectivity index (χ2v) is 5.08. The molecule has 0 bridgehead atoms. The predicted octanol–water partition coefficient (Wildman–Crippen LogP) is 2.42. The number of hydrogen-bond donors (Lipinski definition) is 1. The fourth-order valence-corrected chi connectivity index (χ4v) is 2.18. The smallest absolute Gasteiger partial charge is 0.184 e. The molecule has 2 aromatic carbocycles. The number of benzene rings is 2.